The number of rotatable bonds is 5. The number of hydrogen-bond donors (Lipinski definition) is 1. The van der Waals surface area contributed by atoms with Gasteiger partial charge in [0.15, 0.2) is 0 Å². The van der Waals surface area contributed by atoms with Gasteiger partial charge in [-0.3, -0.25) is 9.69 Å². The second kappa shape index (κ2) is 8.36. The molecule has 1 atom stereocenters. The minimum Gasteiger partial charge on any atom is -0.372 e. The van der Waals surface area contributed by atoms with Gasteiger partial charge < -0.3 is 10.2 Å². The molecule has 2 heterocycles. The van der Waals surface area contributed by atoms with Crippen LogP contribution in [0.5, 0.6) is 0 Å². The van der Waals surface area contributed by atoms with Crippen LogP contribution in [-0.2, 0) is 4.79 Å². The van der Waals surface area contributed by atoms with Crippen LogP contribution in [0, 0.1) is 13.8 Å². The van der Waals surface area contributed by atoms with Crippen molar-refractivity contribution in [3.05, 3.63) is 59.2 Å². The number of anilines is 2. The molecule has 2 aliphatic rings. The predicted molar refractivity (Wildman–Crippen MR) is 116 cm³/mol. The maximum atomic E-state index is 12.8. The number of hydrogen-bond acceptors (Lipinski definition) is 3. The third kappa shape index (κ3) is 4.07. The fourth-order valence-electron chi connectivity index (χ4n) is 4.66. The second-order valence-electron chi connectivity index (χ2n) is 8.23. The third-order valence-corrected chi connectivity index (χ3v) is 6.21. The quantitative estimate of drug-likeness (QED) is 0.822. The number of benzene rings is 2. The van der Waals surface area contributed by atoms with E-state index in [1.807, 2.05) is 0 Å². The van der Waals surface area contributed by atoms with Gasteiger partial charge in [-0.1, -0.05) is 24.3 Å². The standard InChI is InChI=1S/C24H31N3O/c1-18-8-3-4-9-21(18)23-10-7-15-27(23)17-24(28)25-22-12-11-20(16-19(22)2)26-13-5-6-14-26/h3-4,8-9,11-12,16,23H,5-7,10,13-15,17H2,1-2H3,(H,25,28). The minimum absolute atomic E-state index is 0.0810. The van der Waals surface area contributed by atoms with Gasteiger partial charge >= 0.3 is 0 Å². The SMILES string of the molecule is Cc1cc(N2CCCC2)ccc1NC(=O)CN1CCCC1c1ccccc1C. The fourth-order valence-corrected chi connectivity index (χ4v) is 4.66. The van der Waals surface area contributed by atoms with Gasteiger partial charge in [-0.25, -0.2) is 0 Å². The number of aryl methyl sites for hydroxylation is 2. The Hall–Kier alpha value is -2.33. The molecule has 2 aromatic carbocycles. The van der Waals surface area contributed by atoms with Crippen molar-refractivity contribution in [3.63, 3.8) is 0 Å². The predicted octanol–water partition coefficient (Wildman–Crippen LogP) is 4.68. The molecule has 0 saturated carbocycles. The lowest BCUT2D eigenvalue weighted by Gasteiger charge is -2.26. The lowest BCUT2D eigenvalue weighted by Crippen LogP contribution is -2.33. The first kappa shape index (κ1) is 19.0. The van der Waals surface area contributed by atoms with Crippen molar-refractivity contribution < 1.29 is 4.79 Å². The van der Waals surface area contributed by atoms with E-state index in [0.29, 0.717) is 12.6 Å². The summed E-state index contributed by atoms with van der Waals surface area (Å²) in [6.07, 6.45) is 4.82. The van der Waals surface area contributed by atoms with Crippen molar-refractivity contribution in [3.8, 4) is 0 Å². The summed E-state index contributed by atoms with van der Waals surface area (Å²) >= 11 is 0. The van der Waals surface area contributed by atoms with E-state index >= 15 is 0 Å². The molecular formula is C24H31N3O. The number of carbonyl (C=O) groups is 1. The maximum Gasteiger partial charge on any atom is 0.238 e. The highest BCUT2D eigenvalue weighted by Crippen LogP contribution is 2.33. The van der Waals surface area contributed by atoms with E-state index in [4.69, 9.17) is 0 Å². The van der Waals surface area contributed by atoms with Gasteiger partial charge in [0, 0.05) is 30.5 Å². The molecule has 1 N–H and O–H groups in total. The molecule has 0 aromatic heterocycles. The third-order valence-electron chi connectivity index (χ3n) is 6.21. The van der Waals surface area contributed by atoms with Crippen LogP contribution in [-0.4, -0.2) is 37.0 Å². The summed E-state index contributed by atoms with van der Waals surface area (Å²) in [7, 11) is 0. The highest BCUT2D eigenvalue weighted by Gasteiger charge is 2.28. The van der Waals surface area contributed by atoms with Gasteiger partial charge in [-0.15, -0.1) is 0 Å². The summed E-state index contributed by atoms with van der Waals surface area (Å²) < 4.78 is 0. The average Bonchev–Trinajstić information content (AvgIpc) is 3.36. The molecule has 2 saturated heterocycles. The molecule has 1 amide bonds. The van der Waals surface area contributed by atoms with E-state index in [0.717, 1.165) is 43.7 Å². The highest BCUT2D eigenvalue weighted by molar-refractivity contribution is 5.93. The Morgan fingerprint density at radius 3 is 2.54 bits per heavy atom. The number of amides is 1. The fraction of sp³-hybridized carbons (Fsp3) is 0.458. The van der Waals surface area contributed by atoms with E-state index in [1.54, 1.807) is 0 Å². The van der Waals surface area contributed by atoms with Crippen molar-refractivity contribution in [2.75, 3.05) is 36.4 Å². The number of nitrogens with one attached hydrogen (secondary N) is 1. The second-order valence-corrected chi connectivity index (χ2v) is 8.23. The number of likely N-dealkylation sites (tertiary alicyclic amines) is 1. The molecule has 2 fully saturated rings. The first-order valence-corrected chi connectivity index (χ1v) is 10.6. The molecule has 0 aliphatic carbocycles. The van der Waals surface area contributed by atoms with Gasteiger partial charge in [0.2, 0.25) is 5.91 Å². The Balaban J connectivity index is 1.40. The van der Waals surface area contributed by atoms with Crippen molar-refractivity contribution in [2.45, 2.75) is 45.6 Å². The molecule has 1 unspecified atom stereocenters. The Morgan fingerprint density at radius 1 is 1.00 bits per heavy atom. The van der Waals surface area contributed by atoms with Crippen LogP contribution in [0.15, 0.2) is 42.5 Å². The Labute approximate surface area is 168 Å². The molecule has 4 rings (SSSR count). The zero-order valence-electron chi connectivity index (χ0n) is 17.1. The van der Waals surface area contributed by atoms with Crippen molar-refractivity contribution in [1.29, 1.82) is 0 Å². The van der Waals surface area contributed by atoms with Gasteiger partial charge in [0.25, 0.3) is 0 Å². The van der Waals surface area contributed by atoms with Gasteiger partial charge in [-0.05, 0) is 81.0 Å². The van der Waals surface area contributed by atoms with Crippen molar-refractivity contribution in [1.82, 2.24) is 4.90 Å². The molecule has 0 bridgehead atoms. The zero-order chi connectivity index (χ0) is 19.5. The first-order chi connectivity index (χ1) is 13.6. The average molecular weight is 378 g/mol. The van der Waals surface area contributed by atoms with Crippen LogP contribution in [0.2, 0.25) is 0 Å². The molecular weight excluding hydrogens is 346 g/mol. The van der Waals surface area contributed by atoms with Crippen LogP contribution in [0.25, 0.3) is 0 Å². The van der Waals surface area contributed by atoms with Gasteiger partial charge in [0.1, 0.15) is 0 Å². The topological polar surface area (TPSA) is 35.6 Å². The van der Waals surface area contributed by atoms with Gasteiger partial charge in [-0.2, -0.15) is 0 Å². The molecule has 148 valence electrons. The Kier molecular flexibility index (Phi) is 5.67. The molecule has 2 aliphatic heterocycles. The zero-order valence-corrected chi connectivity index (χ0v) is 17.1. The molecule has 28 heavy (non-hydrogen) atoms. The highest BCUT2D eigenvalue weighted by atomic mass is 16.2. The first-order valence-electron chi connectivity index (χ1n) is 10.6. The summed E-state index contributed by atoms with van der Waals surface area (Å²) in [5.41, 5.74) is 6.01. The van der Waals surface area contributed by atoms with E-state index in [9.17, 15) is 4.79 Å². The Bertz CT molecular complexity index is 841. The normalized spacial score (nSPS) is 19.9. The summed E-state index contributed by atoms with van der Waals surface area (Å²) in [6.45, 7) is 7.96. The minimum atomic E-state index is 0.0810. The smallest absolute Gasteiger partial charge is 0.238 e. The monoisotopic (exact) mass is 377 g/mol. The van der Waals surface area contributed by atoms with Crippen LogP contribution >= 0.6 is 0 Å². The molecule has 0 radical (unpaired) electrons. The van der Waals surface area contributed by atoms with Crippen LogP contribution in [0.1, 0.15) is 48.4 Å². The van der Waals surface area contributed by atoms with E-state index in [2.05, 4.69) is 71.4 Å². The van der Waals surface area contributed by atoms with Crippen molar-refractivity contribution in [2.24, 2.45) is 0 Å². The van der Waals surface area contributed by atoms with Crippen molar-refractivity contribution >= 4 is 17.3 Å². The van der Waals surface area contributed by atoms with Crippen LogP contribution in [0.4, 0.5) is 11.4 Å². The van der Waals surface area contributed by atoms with E-state index in [-0.39, 0.29) is 5.91 Å². The van der Waals surface area contributed by atoms with E-state index < -0.39 is 0 Å². The Morgan fingerprint density at radius 2 is 1.79 bits per heavy atom. The largest absolute Gasteiger partial charge is 0.372 e. The van der Waals surface area contributed by atoms with Crippen LogP contribution < -0.4 is 10.2 Å². The molecule has 0 spiro atoms. The lowest BCUT2D eigenvalue weighted by molar-refractivity contribution is -0.117. The lowest BCUT2D eigenvalue weighted by atomic mass is 9.99. The maximum absolute atomic E-state index is 12.8. The molecule has 2 aromatic rings. The summed E-state index contributed by atoms with van der Waals surface area (Å²) in [5, 5.41) is 3.14. The summed E-state index contributed by atoms with van der Waals surface area (Å²) in [5.74, 6) is 0.0810. The number of carbonyl (C=O) groups excluding carboxylic acids is 1. The van der Waals surface area contributed by atoms with Crippen LogP contribution in [0.3, 0.4) is 0 Å². The summed E-state index contributed by atoms with van der Waals surface area (Å²) in [4.78, 5) is 17.5. The molecule has 4 nitrogen and oxygen atoms in total. The van der Waals surface area contributed by atoms with Gasteiger partial charge in [0.05, 0.1) is 6.54 Å². The number of nitrogens with zero attached hydrogens (tertiary/aromatic N) is 2. The summed E-state index contributed by atoms with van der Waals surface area (Å²) in [6, 6.07) is 15.3. The molecule has 4 heteroatoms. The van der Waals surface area contributed by atoms with E-state index in [1.165, 1.54) is 29.7 Å².